The molecule has 2 aromatic carbocycles. The van der Waals surface area contributed by atoms with E-state index in [0.29, 0.717) is 17.0 Å². The van der Waals surface area contributed by atoms with Crippen molar-refractivity contribution < 1.29 is 19.4 Å². The molecule has 0 fully saturated rings. The van der Waals surface area contributed by atoms with Gasteiger partial charge in [0.05, 0.1) is 9.85 Å². The number of nitrogens with one attached hydrogen (secondary N) is 2. The summed E-state index contributed by atoms with van der Waals surface area (Å²) in [5, 5.41) is 26.5. The molecule has 27 heavy (non-hydrogen) atoms. The zero-order chi connectivity index (χ0) is 20.0. The molecule has 0 aromatic heterocycles. The summed E-state index contributed by atoms with van der Waals surface area (Å²) in [6, 6.07) is 9.46. The Morgan fingerprint density at radius 1 is 1.07 bits per heavy atom. The lowest BCUT2D eigenvalue weighted by Gasteiger charge is -2.12. The molecule has 0 atom stereocenters. The number of carbonyl (C=O) groups excluding carboxylic acids is 1. The molecule has 0 saturated heterocycles. The van der Waals surface area contributed by atoms with E-state index < -0.39 is 15.8 Å². The number of thiocarbonyl (C=S) groups is 1. The standard InChI is InChI=1S/C16H14N4O6S/c1-10-8-12(20(24)25)4-7-14(10)17-16(27)18-15(21)9-26-13-5-2-11(3-6-13)19(22)23/h2-8H,9H2,1H3,(H2,17,18,21,27). The van der Waals surface area contributed by atoms with Gasteiger partial charge in [-0.25, -0.2) is 0 Å². The first kappa shape index (κ1) is 19.7. The van der Waals surface area contributed by atoms with E-state index in [1.54, 1.807) is 6.92 Å². The van der Waals surface area contributed by atoms with Gasteiger partial charge >= 0.3 is 0 Å². The quantitative estimate of drug-likeness (QED) is 0.436. The lowest BCUT2D eigenvalue weighted by Crippen LogP contribution is -2.37. The van der Waals surface area contributed by atoms with E-state index in [9.17, 15) is 25.0 Å². The van der Waals surface area contributed by atoms with E-state index in [2.05, 4.69) is 10.6 Å². The molecule has 2 aromatic rings. The summed E-state index contributed by atoms with van der Waals surface area (Å²) >= 11 is 5.03. The van der Waals surface area contributed by atoms with Gasteiger partial charge in [-0.2, -0.15) is 0 Å². The first-order chi connectivity index (χ1) is 12.8. The molecule has 0 spiro atoms. The summed E-state index contributed by atoms with van der Waals surface area (Å²) in [6.07, 6.45) is 0. The summed E-state index contributed by atoms with van der Waals surface area (Å²) in [4.78, 5) is 32.1. The molecule has 1 amide bonds. The average Bonchev–Trinajstić information content (AvgIpc) is 2.61. The Morgan fingerprint density at radius 3 is 2.22 bits per heavy atom. The van der Waals surface area contributed by atoms with E-state index in [0.717, 1.165) is 0 Å². The number of hydrogen-bond acceptors (Lipinski definition) is 7. The van der Waals surface area contributed by atoms with Gasteiger partial charge in [0.1, 0.15) is 5.75 Å². The normalized spacial score (nSPS) is 9.96. The average molecular weight is 390 g/mol. The lowest BCUT2D eigenvalue weighted by molar-refractivity contribution is -0.385. The SMILES string of the molecule is Cc1cc([N+](=O)[O-])ccc1NC(=S)NC(=O)COc1ccc([N+](=O)[O-])cc1. The fourth-order valence-corrected chi connectivity index (χ4v) is 2.25. The van der Waals surface area contributed by atoms with Crippen molar-refractivity contribution in [1.29, 1.82) is 0 Å². The van der Waals surface area contributed by atoms with Crippen LogP contribution in [0.15, 0.2) is 42.5 Å². The molecule has 2 rings (SSSR count). The van der Waals surface area contributed by atoms with Crippen LogP contribution in [0.3, 0.4) is 0 Å². The third-order valence-corrected chi connectivity index (χ3v) is 3.54. The number of ether oxygens (including phenoxy) is 1. The van der Waals surface area contributed by atoms with E-state index in [4.69, 9.17) is 17.0 Å². The van der Waals surface area contributed by atoms with Crippen LogP contribution >= 0.6 is 12.2 Å². The van der Waals surface area contributed by atoms with Crippen LogP contribution in [-0.2, 0) is 4.79 Å². The van der Waals surface area contributed by atoms with Gasteiger partial charge in [-0.1, -0.05) is 0 Å². The van der Waals surface area contributed by atoms with Crippen molar-refractivity contribution >= 4 is 40.3 Å². The number of aryl methyl sites for hydroxylation is 1. The largest absolute Gasteiger partial charge is 0.484 e. The monoisotopic (exact) mass is 390 g/mol. The van der Waals surface area contributed by atoms with Crippen molar-refractivity contribution in [2.45, 2.75) is 6.92 Å². The van der Waals surface area contributed by atoms with E-state index >= 15 is 0 Å². The number of nitrogens with zero attached hydrogens (tertiary/aromatic N) is 2. The molecule has 0 aliphatic carbocycles. The van der Waals surface area contributed by atoms with Gasteiger partial charge in [-0.15, -0.1) is 0 Å². The van der Waals surface area contributed by atoms with Crippen molar-refractivity contribution in [1.82, 2.24) is 5.32 Å². The smallest absolute Gasteiger partial charge is 0.269 e. The van der Waals surface area contributed by atoms with E-state index in [1.165, 1.54) is 42.5 Å². The molecule has 0 unspecified atom stereocenters. The number of nitro groups is 2. The van der Waals surface area contributed by atoms with Gasteiger partial charge in [0.15, 0.2) is 11.7 Å². The predicted octanol–water partition coefficient (Wildman–Crippen LogP) is 2.70. The summed E-state index contributed by atoms with van der Waals surface area (Å²) in [5.74, 6) is -0.244. The predicted molar refractivity (Wildman–Crippen MR) is 101 cm³/mol. The van der Waals surface area contributed by atoms with Crippen LogP contribution in [-0.4, -0.2) is 27.5 Å². The number of amides is 1. The van der Waals surface area contributed by atoms with E-state index in [-0.39, 0.29) is 23.1 Å². The van der Waals surface area contributed by atoms with Gasteiger partial charge < -0.3 is 10.1 Å². The minimum absolute atomic E-state index is 0.00394. The maximum absolute atomic E-state index is 11.9. The van der Waals surface area contributed by atoms with Crippen LogP contribution in [0.2, 0.25) is 0 Å². The molecule has 11 heteroatoms. The van der Waals surface area contributed by atoms with Gasteiger partial charge in [0.2, 0.25) is 0 Å². The fraction of sp³-hybridized carbons (Fsp3) is 0.125. The number of anilines is 1. The number of carbonyl (C=O) groups is 1. The number of nitro benzene ring substituents is 2. The number of rotatable bonds is 6. The number of non-ortho nitro benzene ring substituents is 2. The Balaban J connectivity index is 1.85. The molecule has 10 nitrogen and oxygen atoms in total. The number of hydrogen-bond donors (Lipinski definition) is 2. The summed E-state index contributed by atoms with van der Waals surface area (Å²) < 4.78 is 5.22. The second kappa shape index (κ2) is 8.67. The summed E-state index contributed by atoms with van der Waals surface area (Å²) in [7, 11) is 0. The summed E-state index contributed by atoms with van der Waals surface area (Å²) in [6.45, 7) is 1.32. The van der Waals surface area contributed by atoms with Crippen LogP contribution in [0, 0.1) is 27.2 Å². The Morgan fingerprint density at radius 2 is 1.67 bits per heavy atom. The Hall–Kier alpha value is -3.60. The molecule has 0 radical (unpaired) electrons. The van der Waals surface area contributed by atoms with Gasteiger partial charge in [-0.3, -0.25) is 30.3 Å². The lowest BCUT2D eigenvalue weighted by atomic mass is 10.2. The van der Waals surface area contributed by atoms with Gasteiger partial charge in [0.25, 0.3) is 17.3 Å². The zero-order valence-electron chi connectivity index (χ0n) is 14.0. The van der Waals surface area contributed by atoms with Gasteiger partial charge in [-0.05, 0) is 42.9 Å². The maximum Gasteiger partial charge on any atom is 0.269 e. The first-order valence-corrected chi connectivity index (χ1v) is 7.90. The molecule has 2 N–H and O–H groups in total. The molecule has 0 bridgehead atoms. The highest BCUT2D eigenvalue weighted by atomic mass is 32.1. The zero-order valence-corrected chi connectivity index (χ0v) is 14.8. The highest BCUT2D eigenvalue weighted by Crippen LogP contribution is 2.21. The minimum Gasteiger partial charge on any atom is -0.484 e. The molecule has 140 valence electrons. The fourth-order valence-electron chi connectivity index (χ4n) is 2.03. The maximum atomic E-state index is 11.9. The first-order valence-electron chi connectivity index (χ1n) is 7.49. The molecule has 0 aliphatic heterocycles. The second-order valence-corrected chi connectivity index (χ2v) is 5.71. The highest BCUT2D eigenvalue weighted by molar-refractivity contribution is 7.80. The Kier molecular flexibility index (Phi) is 6.33. The van der Waals surface area contributed by atoms with Crippen LogP contribution < -0.4 is 15.4 Å². The topological polar surface area (TPSA) is 137 Å². The Labute approximate surface area is 158 Å². The molecular formula is C16H14N4O6S. The second-order valence-electron chi connectivity index (χ2n) is 5.30. The van der Waals surface area contributed by atoms with Crippen molar-refractivity contribution in [3.63, 3.8) is 0 Å². The molecule has 0 heterocycles. The summed E-state index contributed by atoms with van der Waals surface area (Å²) in [5.41, 5.74) is 0.963. The van der Waals surface area contributed by atoms with Crippen molar-refractivity contribution in [3.05, 3.63) is 68.3 Å². The molecular weight excluding hydrogens is 376 g/mol. The van der Waals surface area contributed by atoms with Crippen LogP contribution in [0.5, 0.6) is 5.75 Å². The molecule has 0 saturated carbocycles. The third-order valence-electron chi connectivity index (χ3n) is 3.34. The highest BCUT2D eigenvalue weighted by Gasteiger charge is 2.11. The Bertz CT molecular complexity index is 900. The van der Waals surface area contributed by atoms with Crippen molar-refractivity contribution in [2.75, 3.05) is 11.9 Å². The number of benzene rings is 2. The van der Waals surface area contributed by atoms with Crippen molar-refractivity contribution in [3.8, 4) is 5.75 Å². The van der Waals surface area contributed by atoms with Crippen LogP contribution in [0.25, 0.3) is 0 Å². The van der Waals surface area contributed by atoms with E-state index in [1.807, 2.05) is 0 Å². The minimum atomic E-state index is -0.541. The molecule has 0 aliphatic rings. The van der Waals surface area contributed by atoms with Crippen molar-refractivity contribution in [2.24, 2.45) is 0 Å². The van der Waals surface area contributed by atoms with Crippen LogP contribution in [0.1, 0.15) is 5.56 Å². The van der Waals surface area contributed by atoms with Crippen LogP contribution in [0.4, 0.5) is 17.1 Å². The van der Waals surface area contributed by atoms with Gasteiger partial charge in [0, 0.05) is 30.0 Å². The third kappa shape index (κ3) is 5.71.